The first-order valence-corrected chi connectivity index (χ1v) is 9.52. The van der Waals surface area contributed by atoms with Crippen molar-refractivity contribution >= 4 is 11.9 Å². The van der Waals surface area contributed by atoms with E-state index >= 15 is 0 Å². The second-order valence-corrected chi connectivity index (χ2v) is 7.80. The van der Waals surface area contributed by atoms with E-state index < -0.39 is 11.5 Å². The van der Waals surface area contributed by atoms with Gasteiger partial charge >= 0.3 is 5.97 Å². The fourth-order valence-corrected chi connectivity index (χ4v) is 4.15. The lowest BCUT2D eigenvalue weighted by atomic mass is 9.79. The lowest BCUT2D eigenvalue weighted by Gasteiger charge is -2.37. The van der Waals surface area contributed by atoms with Crippen LogP contribution in [0.15, 0.2) is 24.3 Å². The minimum absolute atomic E-state index is 0.0226. The molecule has 2 aliphatic heterocycles. The van der Waals surface area contributed by atoms with Gasteiger partial charge in [0.15, 0.2) is 0 Å². The van der Waals surface area contributed by atoms with Crippen LogP contribution >= 0.6 is 0 Å². The second-order valence-electron chi connectivity index (χ2n) is 7.80. The molecule has 0 aromatic heterocycles. The molecule has 1 aromatic carbocycles. The predicted octanol–water partition coefficient (Wildman–Crippen LogP) is 1.80. The summed E-state index contributed by atoms with van der Waals surface area (Å²) in [6, 6.07) is 6.65. The van der Waals surface area contributed by atoms with Crippen molar-refractivity contribution in [2.75, 3.05) is 26.2 Å². The number of nitrogens with one attached hydrogen (secondary N) is 1. The minimum atomic E-state index is -1.45. The van der Waals surface area contributed by atoms with E-state index in [9.17, 15) is 14.7 Å². The molecule has 0 spiro atoms. The number of nitrogens with zero attached hydrogens (tertiary/aromatic N) is 1. The molecule has 6 nitrogen and oxygen atoms in total. The molecular formula is C20H29N3O3. The molecule has 2 aliphatic rings. The van der Waals surface area contributed by atoms with Gasteiger partial charge in [-0.3, -0.25) is 4.79 Å². The zero-order chi connectivity index (χ0) is 18.7. The number of benzene rings is 1. The molecule has 2 fully saturated rings. The Kier molecular flexibility index (Phi) is 5.63. The first-order valence-electron chi connectivity index (χ1n) is 9.52. The Labute approximate surface area is 154 Å². The summed E-state index contributed by atoms with van der Waals surface area (Å²) in [4.78, 5) is 25.9. The van der Waals surface area contributed by atoms with E-state index in [1.807, 2.05) is 4.90 Å². The molecule has 26 heavy (non-hydrogen) atoms. The van der Waals surface area contributed by atoms with Gasteiger partial charge in [-0.05, 0) is 75.2 Å². The van der Waals surface area contributed by atoms with Gasteiger partial charge in [0, 0.05) is 18.7 Å². The molecule has 142 valence electrons. The summed E-state index contributed by atoms with van der Waals surface area (Å²) < 4.78 is 0. The Morgan fingerprint density at radius 2 is 1.62 bits per heavy atom. The topological polar surface area (TPSA) is 95.7 Å². The number of nitrogens with two attached hydrogens (primary N) is 1. The molecule has 1 atom stereocenters. The van der Waals surface area contributed by atoms with Gasteiger partial charge in [-0.1, -0.05) is 12.1 Å². The first-order chi connectivity index (χ1) is 12.4. The third-order valence-corrected chi connectivity index (χ3v) is 6.05. The number of carboxylic acids is 1. The number of amides is 1. The fraction of sp³-hybridized carbons (Fsp3) is 0.600. The number of hydrogen-bond donors (Lipinski definition) is 3. The predicted molar refractivity (Wildman–Crippen MR) is 99.8 cm³/mol. The average molecular weight is 359 g/mol. The Balaban J connectivity index is 1.59. The molecule has 2 heterocycles. The molecule has 1 amide bonds. The van der Waals surface area contributed by atoms with Crippen LogP contribution < -0.4 is 11.1 Å². The molecule has 0 aliphatic carbocycles. The minimum Gasteiger partial charge on any atom is -0.480 e. The smallest absolute Gasteiger partial charge is 0.328 e. The average Bonchev–Trinajstić information content (AvgIpc) is 2.68. The molecule has 1 aromatic rings. The van der Waals surface area contributed by atoms with Gasteiger partial charge in [0.2, 0.25) is 0 Å². The maximum absolute atomic E-state index is 12.7. The summed E-state index contributed by atoms with van der Waals surface area (Å²) in [5.74, 6) is 0.467. The van der Waals surface area contributed by atoms with Gasteiger partial charge in [-0.25, -0.2) is 4.79 Å². The maximum Gasteiger partial charge on any atom is 0.328 e. The number of aliphatic carboxylic acids is 1. The number of carbonyl (C=O) groups excluding carboxylic acids is 1. The Morgan fingerprint density at radius 1 is 1.08 bits per heavy atom. The molecule has 4 N–H and O–H groups in total. The lowest BCUT2D eigenvalue weighted by molar-refractivity contribution is -0.143. The molecule has 3 rings (SSSR count). The van der Waals surface area contributed by atoms with E-state index in [4.69, 9.17) is 5.73 Å². The lowest BCUT2D eigenvalue weighted by Crippen LogP contribution is -2.42. The van der Waals surface area contributed by atoms with Crippen LogP contribution in [-0.2, 0) is 10.3 Å². The van der Waals surface area contributed by atoms with E-state index in [1.54, 1.807) is 24.3 Å². The van der Waals surface area contributed by atoms with E-state index in [0.717, 1.165) is 50.9 Å². The van der Waals surface area contributed by atoms with Crippen molar-refractivity contribution in [1.82, 2.24) is 10.2 Å². The molecule has 2 saturated heterocycles. The number of likely N-dealkylation sites (tertiary alicyclic amines) is 1. The third kappa shape index (κ3) is 3.91. The Morgan fingerprint density at radius 3 is 2.15 bits per heavy atom. The monoisotopic (exact) mass is 359 g/mol. The number of rotatable bonds is 4. The molecule has 1 unspecified atom stereocenters. The first kappa shape index (κ1) is 18.9. The van der Waals surface area contributed by atoms with Crippen molar-refractivity contribution in [3.05, 3.63) is 35.4 Å². The summed E-state index contributed by atoms with van der Waals surface area (Å²) in [5.41, 5.74) is 5.47. The molecular weight excluding hydrogens is 330 g/mol. The quantitative estimate of drug-likeness (QED) is 0.762. The zero-order valence-electron chi connectivity index (χ0n) is 15.4. The van der Waals surface area contributed by atoms with Crippen LogP contribution in [0.3, 0.4) is 0 Å². The summed E-state index contributed by atoms with van der Waals surface area (Å²) >= 11 is 0. The van der Waals surface area contributed by atoms with Crippen molar-refractivity contribution in [1.29, 1.82) is 0 Å². The van der Waals surface area contributed by atoms with E-state index in [2.05, 4.69) is 5.32 Å². The second kappa shape index (κ2) is 7.76. The highest BCUT2D eigenvalue weighted by atomic mass is 16.4. The van der Waals surface area contributed by atoms with E-state index in [1.165, 1.54) is 19.8 Å². The van der Waals surface area contributed by atoms with E-state index in [-0.39, 0.29) is 5.91 Å². The van der Waals surface area contributed by atoms with Gasteiger partial charge < -0.3 is 21.1 Å². The van der Waals surface area contributed by atoms with Crippen molar-refractivity contribution in [2.24, 2.45) is 17.6 Å². The molecule has 0 saturated carbocycles. The molecule has 6 heteroatoms. The number of piperidine rings is 2. The van der Waals surface area contributed by atoms with Gasteiger partial charge in [-0.15, -0.1) is 0 Å². The van der Waals surface area contributed by atoms with Gasteiger partial charge in [0.05, 0.1) is 0 Å². The number of hydrogen-bond acceptors (Lipinski definition) is 4. The van der Waals surface area contributed by atoms with Crippen LogP contribution in [0.5, 0.6) is 0 Å². The van der Waals surface area contributed by atoms with Crippen LogP contribution in [0.4, 0.5) is 0 Å². The summed E-state index contributed by atoms with van der Waals surface area (Å²) in [6.45, 7) is 5.30. The van der Waals surface area contributed by atoms with Crippen LogP contribution in [0.2, 0.25) is 0 Å². The van der Waals surface area contributed by atoms with Crippen LogP contribution in [0.1, 0.15) is 48.5 Å². The third-order valence-electron chi connectivity index (χ3n) is 6.05. The highest BCUT2D eigenvalue weighted by Crippen LogP contribution is 2.31. The van der Waals surface area contributed by atoms with Crippen LogP contribution in [-0.4, -0.2) is 48.1 Å². The standard InChI is InChI=1S/C20H29N3O3/c1-20(21,19(25)26)17-4-2-16(3-5-17)18(24)23-12-8-15(9-13-23)14-6-10-22-11-7-14/h2-5,14-15,22H,6-13,21H2,1H3,(H,25,26). The SMILES string of the molecule is CC(N)(C(=O)O)c1ccc(C(=O)N2CCC(C3CCNCC3)CC2)cc1. The molecule has 0 radical (unpaired) electrons. The van der Waals surface area contributed by atoms with Gasteiger partial charge in [0.25, 0.3) is 5.91 Å². The van der Waals surface area contributed by atoms with Crippen LogP contribution in [0.25, 0.3) is 0 Å². The maximum atomic E-state index is 12.7. The highest BCUT2D eigenvalue weighted by Gasteiger charge is 2.31. The van der Waals surface area contributed by atoms with Gasteiger partial charge in [0.1, 0.15) is 5.54 Å². The summed E-state index contributed by atoms with van der Waals surface area (Å²) in [7, 11) is 0. The van der Waals surface area contributed by atoms with Crippen molar-refractivity contribution in [3.63, 3.8) is 0 Å². The largest absolute Gasteiger partial charge is 0.480 e. The summed E-state index contributed by atoms with van der Waals surface area (Å²) in [5, 5.41) is 12.6. The van der Waals surface area contributed by atoms with Crippen molar-refractivity contribution in [2.45, 2.75) is 38.1 Å². The highest BCUT2D eigenvalue weighted by molar-refractivity contribution is 5.94. The normalized spacial score (nSPS) is 22.0. The fourth-order valence-electron chi connectivity index (χ4n) is 4.15. The summed E-state index contributed by atoms with van der Waals surface area (Å²) in [6.07, 6.45) is 4.66. The Hall–Kier alpha value is -1.92. The van der Waals surface area contributed by atoms with Crippen molar-refractivity contribution in [3.8, 4) is 0 Å². The number of carbonyl (C=O) groups is 2. The number of carboxylic acid groups (broad SMARTS) is 1. The van der Waals surface area contributed by atoms with Crippen molar-refractivity contribution < 1.29 is 14.7 Å². The zero-order valence-corrected chi connectivity index (χ0v) is 15.4. The van der Waals surface area contributed by atoms with Crippen LogP contribution in [0, 0.1) is 11.8 Å². The Bertz CT molecular complexity index is 643. The van der Waals surface area contributed by atoms with Gasteiger partial charge in [-0.2, -0.15) is 0 Å². The molecule has 0 bridgehead atoms. The van der Waals surface area contributed by atoms with E-state index in [0.29, 0.717) is 11.1 Å².